The summed E-state index contributed by atoms with van der Waals surface area (Å²) in [4.78, 5) is 22.8. The summed E-state index contributed by atoms with van der Waals surface area (Å²) >= 11 is 0. The molecule has 0 fully saturated rings. The van der Waals surface area contributed by atoms with Crippen molar-refractivity contribution in [3.63, 3.8) is 0 Å². The number of unbranched alkanes of at least 4 members (excludes halogenated alkanes) is 4. The summed E-state index contributed by atoms with van der Waals surface area (Å²) in [5.74, 6) is -3.88. The molecule has 0 aromatic carbocycles. The predicted octanol–water partition coefficient (Wildman–Crippen LogP) is 0.642. The van der Waals surface area contributed by atoms with E-state index < -0.39 is 32.7 Å². The molecule has 0 aliphatic rings. The summed E-state index contributed by atoms with van der Waals surface area (Å²) < 4.78 is 32.1. The van der Waals surface area contributed by atoms with Crippen LogP contribution >= 0.6 is 0 Å². The second kappa shape index (κ2) is 12.2. The van der Waals surface area contributed by atoms with Gasteiger partial charge in [-0.15, -0.1) is 0 Å². The zero-order chi connectivity index (χ0) is 17.4. The average molecular weight is 372 g/mol. The third kappa shape index (κ3) is 7.56. The van der Waals surface area contributed by atoms with Crippen LogP contribution in [0, 0.1) is 5.41 Å². The van der Waals surface area contributed by atoms with Crippen molar-refractivity contribution in [3.8, 4) is 0 Å². The Kier molecular flexibility index (Phi) is 14.0. The van der Waals surface area contributed by atoms with Gasteiger partial charge in [-0.2, -0.15) is 8.42 Å². The second-order valence-corrected chi connectivity index (χ2v) is 7.07. The number of carboxylic acid groups (broad SMARTS) is 2. The van der Waals surface area contributed by atoms with Crippen LogP contribution in [0.4, 0.5) is 0 Å². The number of hydrogen-bond acceptors (Lipinski definition) is 6. The normalized spacial score (nSPS) is 12.6. The molecule has 9 N–H and O–H groups in total. The summed E-state index contributed by atoms with van der Waals surface area (Å²) in [7, 11) is -5.12. The third-order valence-electron chi connectivity index (χ3n) is 3.87. The fraction of sp³-hybridized carbons (Fsp3) is 0.857. The van der Waals surface area contributed by atoms with Crippen molar-refractivity contribution in [3.05, 3.63) is 0 Å². The minimum Gasteiger partial charge on any atom is -0.549 e. The molecule has 9 nitrogen and oxygen atoms in total. The number of carbonyl (C=O) groups excluding carboxylic acids is 2. The molecule has 1 atom stereocenters. The standard InChI is InChI=1S/C14H26O7S.2H3N/c1-3-5-7-9-14(13(17)18,10-8-6-4-2)11(12(15)16)22(19,20)21;;/h11H,3-10H2,1-2H3,(H,15,16)(H,17,18)(H,19,20,21);2*1H3. The molecule has 0 saturated heterocycles. The largest absolute Gasteiger partial charge is 0.549 e. The number of aliphatic carboxylic acids is 2. The molecule has 0 saturated carbocycles. The van der Waals surface area contributed by atoms with E-state index in [-0.39, 0.29) is 25.1 Å². The Balaban J connectivity index is -0.00000220. The van der Waals surface area contributed by atoms with Gasteiger partial charge in [0.1, 0.15) is 5.25 Å². The van der Waals surface area contributed by atoms with Crippen LogP contribution in [-0.2, 0) is 19.7 Å². The van der Waals surface area contributed by atoms with Gasteiger partial charge in [-0.1, -0.05) is 52.4 Å². The lowest BCUT2D eigenvalue weighted by molar-refractivity contribution is -0.328. The first-order valence-corrected chi connectivity index (χ1v) is 9.02. The summed E-state index contributed by atoms with van der Waals surface area (Å²) in [6.07, 6.45) is 3.02. The molecule has 24 heavy (non-hydrogen) atoms. The lowest BCUT2D eigenvalue weighted by Crippen LogP contribution is -2.59. The first-order chi connectivity index (χ1) is 10.1. The van der Waals surface area contributed by atoms with Crippen molar-refractivity contribution in [1.29, 1.82) is 0 Å². The predicted molar refractivity (Wildman–Crippen MR) is 88.0 cm³/mol. The van der Waals surface area contributed by atoms with E-state index in [4.69, 9.17) is 0 Å². The van der Waals surface area contributed by atoms with Crippen molar-refractivity contribution in [2.45, 2.75) is 70.5 Å². The fourth-order valence-corrected chi connectivity index (χ4v) is 3.86. The summed E-state index contributed by atoms with van der Waals surface area (Å²) in [6, 6.07) is 0. The van der Waals surface area contributed by atoms with Gasteiger partial charge in [0.25, 0.3) is 10.1 Å². The van der Waals surface area contributed by atoms with E-state index in [0.29, 0.717) is 25.7 Å². The molecule has 0 spiro atoms. The second-order valence-electron chi connectivity index (χ2n) is 5.57. The van der Waals surface area contributed by atoms with Gasteiger partial charge in [0.15, 0.2) is 0 Å². The Bertz CT molecular complexity index is 470. The van der Waals surface area contributed by atoms with Gasteiger partial charge in [-0.25, -0.2) is 0 Å². The van der Waals surface area contributed by atoms with Gasteiger partial charge in [0.05, 0.1) is 5.97 Å². The maximum Gasteiger partial charge on any atom is 0.274 e. The summed E-state index contributed by atoms with van der Waals surface area (Å²) in [5, 5.41) is 20.3. The van der Waals surface area contributed by atoms with Gasteiger partial charge < -0.3 is 32.1 Å². The molecule has 0 aromatic heterocycles. The molecule has 146 valence electrons. The molecule has 0 aromatic rings. The number of carboxylic acids is 2. The molecular weight excluding hydrogens is 340 g/mol. The Labute approximate surface area is 143 Å². The zero-order valence-corrected chi connectivity index (χ0v) is 15.9. The minimum atomic E-state index is -5.12. The Morgan fingerprint density at radius 1 is 0.958 bits per heavy atom. The molecule has 0 amide bonds. The van der Waals surface area contributed by atoms with E-state index in [0.717, 1.165) is 12.8 Å². The van der Waals surface area contributed by atoms with Crippen LogP contribution in [0.15, 0.2) is 0 Å². The first kappa shape index (κ1) is 27.6. The molecule has 0 bridgehead atoms. The number of carbonyl (C=O) groups is 2. The molecular formula is C14H32N2O7S. The van der Waals surface area contributed by atoms with Gasteiger partial charge >= 0.3 is 0 Å². The van der Waals surface area contributed by atoms with E-state index in [9.17, 15) is 32.8 Å². The monoisotopic (exact) mass is 372 g/mol. The number of hydrogen-bond donors (Lipinski definition) is 3. The van der Waals surface area contributed by atoms with Crippen molar-refractivity contribution < 1.29 is 32.8 Å². The smallest absolute Gasteiger partial charge is 0.274 e. The zero-order valence-electron chi connectivity index (χ0n) is 15.0. The highest BCUT2D eigenvalue weighted by atomic mass is 32.2. The van der Waals surface area contributed by atoms with Gasteiger partial charge in [-0.3, -0.25) is 4.55 Å². The number of rotatable bonds is 12. The maximum absolute atomic E-state index is 11.6. The van der Waals surface area contributed by atoms with Crippen LogP contribution in [-0.4, -0.2) is 30.2 Å². The van der Waals surface area contributed by atoms with Crippen LogP contribution in [0.5, 0.6) is 0 Å². The van der Waals surface area contributed by atoms with Gasteiger partial charge in [0.2, 0.25) is 0 Å². The average Bonchev–Trinajstić information content (AvgIpc) is 2.36. The minimum absolute atomic E-state index is 0. The van der Waals surface area contributed by atoms with Crippen molar-refractivity contribution in [2.75, 3.05) is 0 Å². The molecule has 0 aliphatic carbocycles. The van der Waals surface area contributed by atoms with Crippen molar-refractivity contribution in [2.24, 2.45) is 5.41 Å². The third-order valence-corrected chi connectivity index (χ3v) is 5.11. The highest BCUT2D eigenvalue weighted by Crippen LogP contribution is 2.38. The van der Waals surface area contributed by atoms with E-state index in [1.807, 2.05) is 13.8 Å². The van der Waals surface area contributed by atoms with E-state index in [1.165, 1.54) is 0 Å². The molecule has 0 heterocycles. The van der Waals surface area contributed by atoms with Crippen LogP contribution in [0.3, 0.4) is 0 Å². The maximum atomic E-state index is 11.6. The number of quaternary nitrogens is 2. The van der Waals surface area contributed by atoms with Crippen molar-refractivity contribution >= 4 is 22.1 Å². The van der Waals surface area contributed by atoms with E-state index in [1.54, 1.807) is 0 Å². The Morgan fingerprint density at radius 3 is 1.54 bits per heavy atom. The fourth-order valence-electron chi connectivity index (χ4n) is 2.71. The van der Waals surface area contributed by atoms with Gasteiger partial charge in [0, 0.05) is 11.4 Å². The van der Waals surface area contributed by atoms with E-state index in [2.05, 4.69) is 0 Å². The molecule has 0 rings (SSSR count). The van der Waals surface area contributed by atoms with Crippen LogP contribution in [0.2, 0.25) is 0 Å². The molecule has 10 heteroatoms. The molecule has 0 aliphatic heterocycles. The van der Waals surface area contributed by atoms with Crippen LogP contribution in [0.1, 0.15) is 65.2 Å². The molecule has 0 radical (unpaired) electrons. The van der Waals surface area contributed by atoms with Crippen LogP contribution < -0.4 is 22.5 Å². The lowest BCUT2D eigenvalue weighted by atomic mass is 9.75. The Hall–Kier alpha value is -1.23. The highest BCUT2D eigenvalue weighted by molar-refractivity contribution is 7.87. The first-order valence-electron chi connectivity index (χ1n) is 7.52. The van der Waals surface area contributed by atoms with E-state index >= 15 is 0 Å². The topological polar surface area (TPSA) is 208 Å². The Morgan fingerprint density at radius 2 is 1.33 bits per heavy atom. The quantitative estimate of drug-likeness (QED) is 0.328. The molecule has 1 unspecified atom stereocenters. The SMILES string of the molecule is CCCCCC(CCCCC)(C(=O)[O-])C(C(=O)[O-])S(=O)(=O)O.[NH4+].[NH4+]. The summed E-state index contributed by atoms with van der Waals surface area (Å²) in [6.45, 7) is 3.74. The highest BCUT2D eigenvalue weighted by Gasteiger charge is 2.47. The van der Waals surface area contributed by atoms with Gasteiger partial charge in [-0.05, 0) is 12.8 Å². The van der Waals surface area contributed by atoms with Crippen molar-refractivity contribution in [1.82, 2.24) is 12.3 Å². The van der Waals surface area contributed by atoms with Crippen LogP contribution in [0.25, 0.3) is 0 Å². The lowest BCUT2D eigenvalue weighted by Gasteiger charge is -2.40. The summed E-state index contributed by atoms with van der Waals surface area (Å²) in [5.41, 5.74) is -2.17.